The van der Waals surface area contributed by atoms with Gasteiger partial charge in [0.1, 0.15) is 13.2 Å². The summed E-state index contributed by atoms with van der Waals surface area (Å²) in [6.07, 6.45) is 4.78. The Morgan fingerprint density at radius 1 is 1.04 bits per heavy atom. The van der Waals surface area contributed by atoms with Gasteiger partial charge in [0, 0.05) is 5.57 Å². The van der Waals surface area contributed by atoms with Gasteiger partial charge in [0.25, 0.3) is 0 Å². The number of hydrogen-bond donors (Lipinski definition) is 0. The highest BCUT2D eigenvalue weighted by atomic mass is 16.6. The molecule has 0 saturated heterocycles. The number of carbonyl (C=O) groups is 3. The Hall–Kier alpha value is -1.85. The van der Waals surface area contributed by atoms with Crippen LogP contribution in [-0.4, -0.2) is 36.7 Å². The number of ether oxygens (including phenoxy) is 3. The van der Waals surface area contributed by atoms with Crippen molar-refractivity contribution in [1.29, 1.82) is 0 Å². The molecule has 0 atom stereocenters. The van der Waals surface area contributed by atoms with Gasteiger partial charge >= 0.3 is 17.9 Å². The summed E-state index contributed by atoms with van der Waals surface area (Å²) >= 11 is 0. The highest BCUT2D eigenvalue weighted by Crippen LogP contribution is 2.26. The van der Waals surface area contributed by atoms with Crippen LogP contribution in [0.5, 0.6) is 0 Å². The topological polar surface area (TPSA) is 78.9 Å². The Kier molecular flexibility index (Phi) is 7.26. The fraction of sp³-hybridized carbons (Fsp3) is 0.706. The zero-order valence-corrected chi connectivity index (χ0v) is 14.2. The van der Waals surface area contributed by atoms with Crippen molar-refractivity contribution < 1.29 is 28.6 Å². The molecule has 6 heteroatoms. The van der Waals surface area contributed by atoms with E-state index in [1.165, 1.54) is 20.8 Å². The van der Waals surface area contributed by atoms with E-state index in [0.717, 1.165) is 32.1 Å². The third-order valence-corrected chi connectivity index (χ3v) is 3.68. The molecule has 0 radical (unpaired) electrons. The van der Waals surface area contributed by atoms with Crippen molar-refractivity contribution in [1.82, 2.24) is 0 Å². The van der Waals surface area contributed by atoms with Gasteiger partial charge in [-0.05, 0) is 33.6 Å². The van der Waals surface area contributed by atoms with E-state index in [4.69, 9.17) is 14.2 Å². The largest absolute Gasteiger partial charge is 0.459 e. The molecule has 0 bridgehead atoms. The molecule has 0 amide bonds. The van der Waals surface area contributed by atoms with Crippen LogP contribution in [0.4, 0.5) is 0 Å². The van der Waals surface area contributed by atoms with Crippen LogP contribution in [0.1, 0.15) is 52.9 Å². The van der Waals surface area contributed by atoms with Gasteiger partial charge < -0.3 is 14.2 Å². The van der Waals surface area contributed by atoms with Crippen molar-refractivity contribution in [2.45, 2.75) is 58.5 Å². The molecule has 0 spiro atoms. The molecule has 0 heterocycles. The second kappa shape index (κ2) is 8.70. The monoisotopic (exact) mass is 326 g/mol. The van der Waals surface area contributed by atoms with Gasteiger partial charge in [-0.2, -0.15) is 0 Å². The van der Waals surface area contributed by atoms with Gasteiger partial charge in [0.15, 0.2) is 0 Å². The highest BCUT2D eigenvalue weighted by molar-refractivity contribution is 5.87. The van der Waals surface area contributed by atoms with Crippen molar-refractivity contribution in [3.63, 3.8) is 0 Å². The van der Waals surface area contributed by atoms with E-state index >= 15 is 0 Å². The first kappa shape index (κ1) is 19.2. The summed E-state index contributed by atoms with van der Waals surface area (Å²) in [5, 5.41) is 0. The first-order valence-corrected chi connectivity index (χ1v) is 7.96. The summed E-state index contributed by atoms with van der Waals surface area (Å²) < 4.78 is 15.1. The van der Waals surface area contributed by atoms with Crippen LogP contribution in [0.2, 0.25) is 0 Å². The second-order valence-corrected chi connectivity index (χ2v) is 6.32. The van der Waals surface area contributed by atoms with Crippen LogP contribution in [0.3, 0.4) is 0 Å². The van der Waals surface area contributed by atoms with Crippen LogP contribution in [0.15, 0.2) is 12.2 Å². The fourth-order valence-corrected chi connectivity index (χ4v) is 2.28. The summed E-state index contributed by atoms with van der Waals surface area (Å²) in [6, 6.07) is 0. The van der Waals surface area contributed by atoms with Gasteiger partial charge in [-0.3, -0.25) is 4.79 Å². The van der Waals surface area contributed by atoms with E-state index in [0.29, 0.717) is 0 Å². The summed E-state index contributed by atoms with van der Waals surface area (Å²) in [7, 11) is 0. The number of carbonyl (C=O) groups excluding carboxylic acids is 3. The van der Waals surface area contributed by atoms with Gasteiger partial charge in [-0.1, -0.05) is 25.8 Å². The predicted octanol–water partition coefficient (Wildman–Crippen LogP) is 2.55. The minimum absolute atomic E-state index is 0.0654. The van der Waals surface area contributed by atoms with Gasteiger partial charge in [0.05, 0.1) is 5.92 Å². The molecule has 1 saturated carbocycles. The lowest BCUT2D eigenvalue weighted by Gasteiger charge is -2.27. The quantitative estimate of drug-likeness (QED) is 0.310. The Labute approximate surface area is 137 Å². The zero-order valence-electron chi connectivity index (χ0n) is 14.2. The molecule has 1 aliphatic rings. The second-order valence-electron chi connectivity index (χ2n) is 6.32. The average molecular weight is 326 g/mol. The third-order valence-electron chi connectivity index (χ3n) is 3.68. The first-order chi connectivity index (χ1) is 10.7. The van der Waals surface area contributed by atoms with Crippen molar-refractivity contribution in [3.05, 3.63) is 12.2 Å². The lowest BCUT2D eigenvalue weighted by atomic mass is 9.89. The SMILES string of the molecule is C=C(C)C(=O)OCCOC(=O)C(C)(C)OC(=O)C1CCCCC1. The molecule has 0 aromatic heterocycles. The summed E-state index contributed by atoms with van der Waals surface area (Å²) in [5.74, 6) is -1.68. The molecule has 0 aliphatic heterocycles. The molecule has 0 unspecified atom stereocenters. The maximum absolute atomic E-state index is 12.1. The molecular weight excluding hydrogens is 300 g/mol. The molecule has 0 aromatic carbocycles. The van der Waals surface area contributed by atoms with E-state index in [9.17, 15) is 14.4 Å². The molecule has 1 aliphatic carbocycles. The molecule has 1 fully saturated rings. The molecule has 23 heavy (non-hydrogen) atoms. The third kappa shape index (κ3) is 6.42. The van der Waals surface area contributed by atoms with Crippen molar-refractivity contribution >= 4 is 17.9 Å². The van der Waals surface area contributed by atoms with Crippen LogP contribution < -0.4 is 0 Å². The van der Waals surface area contributed by atoms with E-state index in [2.05, 4.69) is 6.58 Å². The molecular formula is C17H26O6. The Balaban J connectivity index is 2.36. The average Bonchev–Trinajstić information content (AvgIpc) is 2.51. The van der Waals surface area contributed by atoms with E-state index in [1.54, 1.807) is 0 Å². The molecule has 1 rings (SSSR count). The Morgan fingerprint density at radius 2 is 1.61 bits per heavy atom. The van der Waals surface area contributed by atoms with E-state index in [-0.39, 0.29) is 30.7 Å². The minimum atomic E-state index is -1.35. The zero-order chi connectivity index (χ0) is 17.5. The fourth-order valence-electron chi connectivity index (χ4n) is 2.28. The molecule has 130 valence electrons. The van der Waals surface area contributed by atoms with Crippen LogP contribution in [0, 0.1) is 5.92 Å². The Bertz CT molecular complexity index is 460. The summed E-state index contributed by atoms with van der Waals surface area (Å²) in [5.41, 5.74) is -1.08. The lowest BCUT2D eigenvalue weighted by Crippen LogP contribution is -2.41. The standard InChI is InChI=1S/C17H26O6/c1-12(2)14(18)21-10-11-22-16(20)17(3,4)23-15(19)13-8-6-5-7-9-13/h13H,1,5-11H2,2-4H3. The van der Waals surface area contributed by atoms with Gasteiger partial charge in [-0.15, -0.1) is 0 Å². The molecule has 0 aromatic rings. The van der Waals surface area contributed by atoms with Crippen LogP contribution >= 0.6 is 0 Å². The van der Waals surface area contributed by atoms with Crippen molar-refractivity contribution in [2.24, 2.45) is 5.92 Å². The smallest absolute Gasteiger partial charge is 0.350 e. The lowest BCUT2D eigenvalue weighted by molar-refractivity contribution is -0.182. The summed E-state index contributed by atoms with van der Waals surface area (Å²) in [4.78, 5) is 35.3. The maximum atomic E-state index is 12.1. The van der Waals surface area contributed by atoms with Crippen molar-refractivity contribution in [2.75, 3.05) is 13.2 Å². The number of hydrogen-bond acceptors (Lipinski definition) is 6. The highest BCUT2D eigenvalue weighted by Gasteiger charge is 2.36. The Morgan fingerprint density at radius 3 is 2.17 bits per heavy atom. The number of esters is 3. The van der Waals surface area contributed by atoms with Crippen molar-refractivity contribution in [3.8, 4) is 0 Å². The van der Waals surface area contributed by atoms with E-state index < -0.39 is 17.5 Å². The minimum Gasteiger partial charge on any atom is -0.459 e. The van der Waals surface area contributed by atoms with E-state index in [1.807, 2.05) is 0 Å². The van der Waals surface area contributed by atoms with Gasteiger partial charge in [0.2, 0.25) is 5.60 Å². The van der Waals surface area contributed by atoms with Gasteiger partial charge in [-0.25, -0.2) is 9.59 Å². The number of rotatable bonds is 7. The summed E-state index contributed by atoms with van der Waals surface area (Å²) in [6.45, 7) is 7.81. The maximum Gasteiger partial charge on any atom is 0.350 e. The normalized spacial score (nSPS) is 15.6. The molecule has 6 nitrogen and oxygen atoms in total. The van der Waals surface area contributed by atoms with Crippen LogP contribution in [-0.2, 0) is 28.6 Å². The first-order valence-electron chi connectivity index (χ1n) is 7.96. The molecule has 0 N–H and O–H groups in total. The predicted molar refractivity (Wildman–Crippen MR) is 83.5 cm³/mol. The van der Waals surface area contributed by atoms with Crippen LogP contribution in [0.25, 0.3) is 0 Å².